The minimum absolute atomic E-state index is 0.0281. The number of benzene rings is 3. The summed E-state index contributed by atoms with van der Waals surface area (Å²) in [6.45, 7) is 0.0281. The van der Waals surface area contributed by atoms with E-state index in [-0.39, 0.29) is 12.4 Å². The molecule has 0 amide bonds. The minimum Gasteiger partial charge on any atom is -0.508 e. The van der Waals surface area contributed by atoms with Crippen LogP contribution in [-0.2, 0) is 6.61 Å². The van der Waals surface area contributed by atoms with Crippen molar-refractivity contribution in [1.82, 2.24) is 0 Å². The van der Waals surface area contributed by atoms with E-state index in [1.54, 1.807) is 24.3 Å². The number of fused-ring (bicyclic) bond motifs is 3. The van der Waals surface area contributed by atoms with E-state index >= 15 is 0 Å². The van der Waals surface area contributed by atoms with E-state index in [1.807, 2.05) is 18.2 Å². The van der Waals surface area contributed by atoms with Gasteiger partial charge in [-0.1, -0.05) is 54.6 Å². The van der Waals surface area contributed by atoms with Crippen LogP contribution in [0.15, 0.2) is 72.8 Å². The molecule has 4 heteroatoms. The van der Waals surface area contributed by atoms with Gasteiger partial charge in [-0.25, -0.2) is 0 Å². The van der Waals surface area contributed by atoms with Crippen LogP contribution in [-0.4, -0.2) is 10.2 Å². The molecule has 1 atom stereocenters. The molecule has 0 radical (unpaired) electrons. The van der Waals surface area contributed by atoms with Crippen LogP contribution in [0, 0.1) is 0 Å². The molecule has 0 fully saturated rings. The Kier molecular flexibility index (Phi) is 4.92. The monoisotopic (exact) mass is 324 g/mol. The summed E-state index contributed by atoms with van der Waals surface area (Å²) >= 11 is 0. The van der Waals surface area contributed by atoms with Gasteiger partial charge in [0, 0.05) is 10.9 Å². The van der Waals surface area contributed by atoms with Crippen molar-refractivity contribution < 1.29 is 14.7 Å². The Bertz CT molecular complexity index is 739. The molecule has 0 saturated heterocycles. The van der Waals surface area contributed by atoms with Crippen LogP contribution in [0.5, 0.6) is 11.5 Å². The molecule has 116 valence electrons. The molecule has 3 nitrogen and oxygen atoms in total. The summed E-state index contributed by atoms with van der Waals surface area (Å²) in [5.74, 6) is 1.23. The van der Waals surface area contributed by atoms with Gasteiger partial charge in [0.15, 0.2) is 0 Å². The summed E-state index contributed by atoms with van der Waals surface area (Å²) in [7, 11) is 0.440. The summed E-state index contributed by atoms with van der Waals surface area (Å²) in [5.41, 5.74) is 3.34. The fraction of sp³-hybridized carbons (Fsp3) is 0.0526. The zero-order valence-electron chi connectivity index (χ0n) is 12.4. The lowest BCUT2D eigenvalue weighted by atomic mass is 10.0. The van der Waals surface area contributed by atoms with Gasteiger partial charge in [-0.2, -0.15) is 0 Å². The minimum atomic E-state index is 0.0281. The lowest BCUT2D eigenvalue weighted by Crippen LogP contribution is -2.06. The largest absolute Gasteiger partial charge is 0.508 e. The number of hydrogen-bond acceptors (Lipinski definition) is 3. The highest BCUT2D eigenvalue weighted by molar-refractivity contribution is 7.43. The van der Waals surface area contributed by atoms with Crippen LogP contribution in [0.2, 0.25) is 0 Å². The van der Waals surface area contributed by atoms with Crippen molar-refractivity contribution >= 4 is 14.1 Å². The number of phenolic OH excluding ortho intramolecular Hbond substituents is 1. The van der Waals surface area contributed by atoms with Gasteiger partial charge in [-0.3, -0.25) is 0 Å². The van der Waals surface area contributed by atoms with E-state index in [2.05, 4.69) is 30.3 Å². The van der Waals surface area contributed by atoms with Gasteiger partial charge in [0.25, 0.3) is 0 Å². The van der Waals surface area contributed by atoms with E-state index in [0.717, 1.165) is 11.3 Å². The predicted molar refractivity (Wildman–Crippen MR) is 94.5 cm³/mol. The van der Waals surface area contributed by atoms with Crippen LogP contribution in [0.1, 0.15) is 5.56 Å². The highest BCUT2D eigenvalue weighted by Gasteiger charge is 2.15. The van der Waals surface area contributed by atoms with E-state index in [9.17, 15) is 0 Å². The summed E-state index contributed by atoms with van der Waals surface area (Å²) in [5, 5.41) is 18.6. The van der Waals surface area contributed by atoms with Crippen molar-refractivity contribution in [2.24, 2.45) is 0 Å². The number of para-hydroxylation sites is 1. The zero-order chi connectivity index (χ0) is 16.1. The Labute approximate surface area is 137 Å². The molecule has 0 saturated carbocycles. The van der Waals surface area contributed by atoms with Gasteiger partial charge < -0.3 is 14.7 Å². The molecular weight excluding hydrogens is 307 g/mol. The van der Waals surface area contributed by atoms with Gasteiger partial charge in [0.2, 0.25) is 0 Å². The number of aromatic hydroxyl groups is 1. The third-order valence-electron chi connectivity index (χ3n) is 3.49. The maximum atomic E-state index is 8.77. The normalized spacial score (nSPS) is 12.4. The maximum Gasteiger partial charge on any atom is 0.131 e. The summed E-state index contributed by atoms with van der Waals surface area (Å²) in [4.78, 5) is 0. The van der Waals surface area contributed by atoms with Gasteiger partial charge >= 0.3 is 0 Å². The van der Waals surface area contributed by atoms with Crippen LogP contribution >= 0.6 is 8.81 Å². The zero-order valence-corrected chi connectivity index (χ0v) is 13.4. The highest BCUT2D eigenvalue weighted by atomic mass is 31.1. The Balaban J connectivity index is 0.000000151. The van der Waals surface area contributed by atoms with Crippen LogP contribution < -0.4 is 9.83 Å². The van der Waals surface area contributed by atoms with Crippen LogP contribution in [0.3, 0.4) is 0 Å². The topological polar surface area (TPSA) is 49.7 Å². The highest BCUT2D eigenvalue weighted by Crippen LogP contribution is 2.38. The molecule has 0 aliphatic carbocycles. The second kappa shape index (κ2) is 7.28. The van der Waals surface area contributed by atoms with E-state index in [0.29, 0.717) is 8.81 Å². The fourth-order valence-electron chi connectivity index (χ4n) is 2.30. The smallest absolute Gasteiger partial charge is 0.131 e. The van der Waals surface area contributed by atoms with Gasteiger partial charge in [0.1, 0.15) is 20.3 Å². The molecule has 1 heterocycles. The van der Waals surface area contributed by atoms with Crippen molar-refractivity contribution in [2.75, 3.05) is 0 Å². The fourth-order valence-corrected chi connectivity index (χ4v) is 3.19. The summed E-state index contributed by atoms with van der Waals surface area (Å²) in [6.07, 6.45) is 0. The predicted octanol–water partition coefficient (Wildman–Crippen LogP) is 3.85. The molecule has 0 spiro atoms. The van der Waals surface area contributed by atoms with E-state index in [1.165, 1.54) is 16.4 Å². The molecule has 2 N–H and O–H groups in total. The number of aliphatic hydroxyl groups excluding tert-OH is 1. The van der Waals surface area contributed by atoms with Gasteiger partial charge in [0.05, 0.1) is 6.61 Å². The number of hydrogen-bond donors (Lipinski definition) is 2. The number of rotatable bonds is 1. The molecular formula is C19H17O3P. The Morgan fingerprint density at radius 3 is 2.17 bits per heavy atom. The average molecular weight is 324 g/mol. The third-order valence-corrected chi connectivity index (χ3v) is 4.47. The first-order valence-electron chi connectivity index (χ1n) is 7.28. The first kappa shape index (κ1) is 15.5. The first-order chi connectivity index (χ1) is 11.3. The number of phenols is 1. The summed E-state index contributed by atoms with van der Waals surface area (Å²) < 4.78 is 5.68. The first-order valence-corrected chi connectivity index (χ1v) is 8.19. The Morgan fingerprint density at radius 2 is 1.43 bits per heavy atom. The molecule has 3 aromatic carbocycles. The van der Waals surface area contributed by atoms with Crippen molar-refractivity contribution in [3.8, 4) is 22.6 Å². The average Bonchev–Trinajstić information content (AvgIpc) is 2.63. The van der Waals surface area contributed by atoms with Crippen molar-refractivity contribution in [3.05, 3.63) is 78.4 Å². The molecule has 23 heavy (non-hydrogen) atoms. The molecule has 0 bridgehead atoms. The van der Waals surface area contributed by atoms with Crippen LogP contribution in [0.25, 0.3) is 11.1 Å². The molecule has 1 aliphatic heterocycles. The maximum absolute atomic E-state index is 8.77. The molecule has 1 aliphatic rings. The second-order valence-electron chi connectivity index (χ2n) is 5.07. The van der Waals surface area contributed by atoms with Crippen molar-refractivity contribution in [2.45, 2.75) is 6.61 Å². The van der Waals surface area contributed by atoms with Crippen molar-refractivity contribution in [3.63, 3.8) is 0 Å². The van der Waals surface area contributed by atoms with Gasteiger partial charge in [-0.15, -0.1) is 0 Å². The lowest BCUT2D eigenvalue weighted by molar-refractivity contribution is 0.281. The number of aliphatic hydroxyl groups is 1. The van der Waals surface area contributed by atoms with E-state index < -0.39 is 0 Å². The van der Waals surface area contributed by atoms with E-state index in [4.69, 9.17) is 14.7 Å². The molecule has 3 aromatic rings. The standard InChI is InChI=1S/C12H9OP.C7H8O2/c1-3-7-11-9(5-1)10-6-2-4-8-12(10)14-13-11;8-5-6-1-3-7(9)4-2-6/h1-8,14H;1-4,8-9H,5H2. The third kappa shape index (κ3) is 3.70. The van der Waals surface area contributed by atoms with Crippen molar-refractivity contribution in [1.29, 1.82) is 0 Å². The SMILES string of the molecule is OCc1ccc(O)cc1.c1ccc2c(c1)OPc1ccccc1-2. The Morgan fingerprint density at radius 1 is 0.783 bits per heavy atom. The second-order valence-corrected chi connectivity index (χ2v) is 6.02. The molecule has 4 rings (SSSR count). The molecule has 0 aromatic heterocycles. The Hall–Kier alpha value is -2.35. The van der Waals surface area contributed by atoms with Crippen LogP contribution in [0.4, 0.5) is 0 Å². The summed E-state index contributed by atoms with van der Waals surface area (Å²) in [6, 6.07) is 23.1. The lowest BCUT2D eigenvalue weighted by Gasteiger charge is -2.19. The molecule has 1 unspecified atom stereocenters. The quantitative estimate of drug-likeness (QED) is 0.669. The van der Waals surface area contributed by atoms with Gasteiger partial charge in [-0.05, 0) is 29.3 Å².